The van der Waals surface area contributed by atoms with Crippen LogP contribution in [0.3, 0.4) is 0 Å². The highest BCUT2D eigenvalue weighted by molar-refractivity contribution is 6.30. The van der Waals surface area contributed by atoms with Gasteiger partial charge in [0.05, 0.1) is 5.92 Å². The standard InChI is InChI=1S/C15H19ClFNO2/c1-10(19)14(9-18-12-4-6-20-7-5-12)13-3-2-11(16)8-15(13)17/h2-3,8,12,14,18H,4-7,9H2,1H3/t14-/m0/s1. The zero-order chi connectivity index (χ0) is 14.5. The molecule has 1 aliphatic heterocycles. The molecule has 1 aromatic rings. The van der Waals surface area contributed by atoms with E-state index < -0.39 is 11.7 Å². The first-order valence-electron chi connectivity index (χ1n) is 6.84. The summed E-state index contributed by atoms with van der Waals surface area (Å²) in [4.78, 5) is 11.8. The molecule has 1 fully saturated rings. The van der Waals surface area contributed by atoms with Crippen LogP contribution < -0.4 is 5.32 Å². The van der Waals surface area contributed by atoms with Gasteiger partial charge in [-0.2, -0.15) is 0 Å². The summed E-state index contributed by atoms with van der Waals surface area (Å²) in [6.07, 6.45) is 1.85. The van der Waals surface area contributed by atoms with Gasteiger partial charge in [-0.3, -0.25) is 4.79 Å². The van der Waals surface area contributed by atoms with Crippen molar-refractivity contribution >= 4 is 17.4 Å². The third kappa shape index (κ3) is 4.01. The molecule has 1 atom stereocenters. The van der Waals surface area contributed by atoms with E-state index in [-0.39, 0.29) is 5.78 Å². The van der Waals surface area contributed by atoms with Crippen molar-refractivity contribution in [2.75, 3.05) is 19.8 Å². The maximum absolute atomic E-state index is 13.9. The minimum Gasteiger partial charge on any atom is -0.381 e. The van der Waals surface area contributed by atoms with E-state index in [4.69, 9.17) is 16.3 Å². The van der Waals surface area contributed by atoms with E-state index in [9.17, 15) is 9.18 Å². The monoisotopic (exact) mass is 299 g/mol. The topological polar surface area (TPSA) is 38.3 Å². The fourth-order valence-corrected chi connectivity index (χ4v) is 2.60. The van der Waals surface area contributed by atoms with Gasteiger partial charge in [-0.15, -0.1) is 0 Å². The molecule has 0 radical (unpaired) electrons. The number of halogens is 2. The van der Waals surface area contributed by atoms with Crippen LogP contribution in [0.25, 0.3) is 0 Å². The van der Waals surface area contributed by atoms with E-state index in [1.165, 1.54) is 13.0 Å². The fraction of sp³-hybridized carbons (Fsp3) is 0.533. The highest BCUT2D eigenvalue weighted by atomic mass is 35.5. The quantitative estimate of drug-likeness (QED) is 0.908. The van der Waals surface area contributed by atoms with Gasteiger partial charge in [0.1, 0.15) is 11.6 Å². The van der Waals surface area contributed by atoms with Crippen LogP contribution in [0.2, 0.25) is 5.02 Å². The van der Waals surface area contributed by atoms with Gasteiger partial charge in [-0.1, -0.05) is 17.7 Å². The normalized spacial score (nSPS) is 17.9. The Bertz CT molecular complexity index is 475. The van der Waals surface area contributed by atoms with E-state index in [1.54, 1.807) is 12.1 Å². The van der Waals surface area contributed by atoms with Crippen LogP contribution in [-0.2, 0) is 9.53 Å². The third-order valence-corrected chi connectivity index (χ3v) is 3.90. The van der Waals surface area contributed by atoms with E-state index in [2.05, 4.69) is 5.32 Å². The second-order valence-electron chi connectivity index (χ2n) is 5.12. The van der Waals surface area contributed by atoms with E-state index in [0.717, 1.165) is 26.1 Å². The van der Waals surface area contributed by atoms with Gasteiger partial charge < -0.3 is 10.1 Å². The minimum absolute atomic E-state index is 0.0502. The van der Waals surface area contributed by atoms with Gasteiger partial charge in [0.2, 0.25) is 0 Å². The number of carbonyl (C=O) groups is 1. The number of hydrogen-bond acceptors (Lipinski definition) is 3. The predicted molar refractivity (Wildman–Crippen MR) is 76.7 cm³/mol. The molecule has 1 aromatic carbocycles. The van der Waals surface area contributed by atoms with Crippen molar-refractivity contribution in [2.24, 2.45) is 0 Å². The Morgan fingerprint density at radius 2 is 2.20 bits per heavy atom. The summed E-state index contributed by atoms with van der Waals surface area (Å²) in [7, 11) is 0. The molecule has 0 aromatic heterocycles. The first-order chi connectivity index (χ1) is 9.58. The molecule has 1 heterocycles. The maximum atomic E-state index is 13.9. The second kappa shape index (κ2) is 7.16. The maximum Gasteiger partial charge on any atom is 0.138 e. The molecule has 20 heavy (non-hydrogen) atoms. The van der Waals surface area contributed by atoms with Gasteiger partial charge in [0, 0.05) is 30.8 Å². The number of ether oxygens (including phenoxy) is 1. The molecule has 0 aliphatic carbocycles. The number of ketones is 1. The van der Waals surface area contributed by atoms with Crippen LogP contribution >= 0.6 is 11.6 Å². The Kier molecular flexibility index (Phi) is 5.52. The van der Waals surface area contributed by atoms with Gasteiger partial charge in [-0.05, 0) is 37.5 Å². The molecule has 5 heteroatoms. The van der Waals surface area contributed by atoms with E-state index in [1.807, 2.05) is 0 Å². The van der Waals surface area contributed by atoms with Gasteiger partial charge >= 0.3 is 0 Å². The van der Waals surface area contributed by atoms with Crippen molar-refractivity contribution in [2.45, 2.75) is 31.7 Å². The smallest absolute Gasteiger partial charge is 0.138 e. The van der Waals surface area contributed by atoms with Crippen molar-refractivity contribution in [3.05, 3.63) is 34.6 Å². The fourth-order valence-electron chi connectivity index (χ4n) is 2.44. The summed E-state index contributed by atoms with van der Waals surface area (Å²) in [6.45, 7) is 3.40. The molecule has 0 bridgehead atoms. The van der Waals surface area contributed by atoms with Crippen molar-refractivity contribution in [1.82, 2.24) is 5.32 Å². The molecule has 3 nitrogen and oxygen atoms in total. The summed E-state index contributed by atoms with van der Waals surface area (Å²) >= 11 is 5.75. The molecule has 1 aliphatic rings. The number of Topliss-reactive ketones (excluding diaryl/α,β-unsaturated/α-hetero) is 1. The second-order valence-corrected chi connectivity index (χ2v) is 5.56. The van der Waals surface area contributed by atoms with Crippen LogP contribution in [0.15, 0.2) is 18.2 Å². The van der Waals surface area contributed by atoms with Crippen LogP contribution in [0, 0.1) is 5.82 Å². The van der Waals surface area contributed by atoms with Gasteiger partial charge in [0.15, 0.2) is 0 Å². The highest BCUT2D eigenvalue weighted by Gasteiger charge is 2.22. The Morgan fingerprint density at radius 1 is 1.50 bits per heavy atom. The molecule has 0 amide bonds. The number of hydrogen-bond donors (Lipinski definition) is 1. The first kappa shape index (κ1) is 15.4. The summed E-state index contributed by atoms with van der Waals surface area (Å²) < 4.78 is 19.2. The third-order valence-electron chi connectivity index (χ3n) is 3.66. The molecule has 1 N–H and O–H groups in total. The number of benzene rings is 1. The Hall–Kier alpha value is -0.970. The zero-order valence-electron chi connectivity index (χ0n) is 11.5. The zero-order valence-corrected chi connectivity index (χ0v) is 12.3. The molecule has 0 unspecified atom stereocenters. The lowest BCUT2D eigenvalue weighted by atomic mass is 9.94. The molecule has 0 saturated carbocycles. The number of nitrogens with one attached hydrogen (secondary N) is 1. The molecule has 0 spiro atoms. The highest BCUT2D eigenvalue weighted by Crippen LogP contribution is 2.23. The van der Waals surface area contributed by atoms with Gasteiger partial charge in [0.25, 0.3) is 0 Å². The summed E-state index contributed by atoms with van der Waals surface area (Å²) in [5.41, 5.74) is 0.404. The van der Waals surface area contributed by atoms with Crippen molar-refractivity contribution < 1.29 is 13.9 Å². The lowest BCUT2D eigenvalue weighted by molar-refractivity contribution is -0.118. The molecular formula is C15H19ClFNO2. The van der Waals surface area contributed by atoms with Gasteiger partial charge in [-0.25, -0.2) is 4.39 Å². The van der Waals surface area contributed by atoms with Crippen LogP contribution in [-0.4, -0.2) is 31.6 Å². The Morgan fingerprint density at radius 3 is 2.80 bits per heavy atom. The minimum atomic E-state index is -0.477. The number of rotatable bonds is 5. The first-order valence-corrected chi connectivity index (χ1v) is 7.22. The molecule has 1 saturated heterocycles. The summed E-state index contributed by atoms with van der Waals surface area (Å²) in [5, 5.41) is 3.68. The van der Waals surface area contributed by atoms with E-state index >= 15 is 0 Å². The summed E-state index contributed by atoms with van der Waals surface area (Å²) in [5.74, 6) is -0.952. The van der Waals surface area contributed by atoms with E-state index in [0.29, 0.717) is 23.2 Å². The SMILES string of the molecule is CC(=O)[C@H](CNC1CCOCC1)c1ccc(Cl)cc1F. The van der Waals surface area contributed by atoms with Crippen molar-refractivity contribution in [3.8, 4) is 0 Å². The molecule has 2 rings (SSSR count). The lowest BCUT2D eigenvalue weighted by Crippen LogP contribution is -2.38. The van der Waals surface area contributed by atoms with Crippen molar-refractivity contribution in [3.63, 3.8) is 0 Å². The van der Waals surface area contributed by atoms with Crippen LogP contribution in [0.4, 0.5) is 4.39 Å². The average molecular weight is 300 g/mol. The Labute approximate surface area is 123 Å². The summed E-state index contributed by atoms with van der Waals surface area (Å²) in [6, 6.07) is 4.79. The van der Waals surface area contributed by atoms with Crippen LogP contribution in [0.5, 0.6) is 0 Å². The molecule has 110 valence electrons. The predicted octanol–water partition coefficient (Wildman–Crippen LogP) is 2.92. The van der Waals surface area contributed by atoms with Crippen molar-refractivity contribution in [1.29, 1.82) is 0 Å². The lowest BCUT2D eigenvalue weighted by Gasteiger charge is -2.25. The number of carbonyl (C=O) groups excluding carboxylic acids is 1. The average Bonchev–Trinajstić information content (AvgIpc) is 2.42. The largest absolute Gasteiger partial charge is 0.381 e. The Balaban J connectivity index is 2.04. The van der Waals surface area contributed by atoms with Crippen LogP contribution in [0.1, 0.15) is 31.2 Å². The molecular weight excluding hydrogens is 281 g/mol.